The number of anilines is 2. The van der Waals surface area contributed by atoms with E-state index in [1.165, 1.54) is 23.9 Å². The lowest BCUT2D eigenvalue weighted by molar-refractivity contribution is -0.194. The number of carbonyl (C=O) groups excluding carboxylic acids is 1. The Morgan fingerprint density at radius 1 is 0.865 bits per heavy atom. The lowest BCUT2D eigenvalue weighted by Gasteiger charge is -2.41. The molecule has 15 nitrogen and oxygen atoms in total. The number of nitrogens with one attached hydrogen (secondary N) is 2. The van der Waals surface area contributed by atoms with Crippen molar-refractivity contribution < 1.29 is 63.2 Å². The summed E-state index contributed by atoms with van der Waals surface area (Å²) in [6.45, 7) is 9.12. The molecule has 0 radical (unpaired) electrons. The van der Waals surface area contributed by atoms with Gasteiger partial charge in [-0.2, -0.15) is 13.2 Å². The van der Waals surface area contributed by atoms with Crippen LogP contribution in [0.15, 0.2) is 136 Å². The van der Waals surface area contributed by atoms with Crippen LogP contribution < -0.4 is 14.9 Å². The fourth-order valence-corrected chi connectivity index (χ4v) is 12.4. The normalized spacial score (nSPS) is 16.9. The molecule has 0 spiro atoms. The van der Waals surface area contributed by atoms with Gasteiger partial charge in [0.15, 0.2) is 6.29 Å². The average molecular weight is 1120 g/mol. The van der Waals surface area contributed by atoms with Crippen LogP contribution in [0.25, 0.3) is 11.1 Å². The van der Waals surface area contributed by atoms with Gasteiger partial charge < -0.3 is 29.5 Å². The fraction of sp³-hybridized carbons (Fsp3) is 0.392. The Hall–Kier alpha value is -4.51. The first-order valence-electron chi connectivity index (χ1n) is 23.7. The van der Waals surface area contributed by atoms with E-state index < -0.39 is 78.4 Å². The van der Waals surface area contributed by atoms with Crippen molar-refractivity contribution in [3.63, 3.8) is 0 Å². The van der Waals surface area contributed by atoms with Gasteiger partial charge in [-0.3, -0.25) is 14.2 Å². The molecule has 1 unspecified atom stereocenters. The highest BCUT2D eigenvalue weighted by atomic mass is 35.5. The predicted octanol–water partition coefficient (Wildman–Crippen LogP) is 10.2. The van der Waals surface area contributed by atoms with Crippen LogP contribution in [0.4, 0.5) is 24.5 Å². The zero-order chi connectivity index (χ0) is 53.5. The molecule has 0 bridgehead atoms. The molecule has 5 aromatic rings. The predicted molar refractivity (Wildman–Crippen MR) is 279 cm³/mol. The molecule has 23 heteroatoms. The number of rotatable bonds is 20. The first-order chi connectivity index (χ1) is 34.9. The van der Waals surface area contributed by atoms with E-state index >= 15 is 0 Å². The fourth-order valence-electron chi connectivity index (χ4n) is 8.67. The average Bonchev–Trinajstić information content (AvgIpc) is 3.36. The number of piperidine rings is 1. The zero-order valence-electron chi connectivity index (χ0n) is 40.8. The SMILES string of the molecule is CC(C)(C)C(O[C@@H](c1ccccc1-c1ccc(Cl)cc1)C1CCN(c2ccc(C(=O)NS(=O)(=O)c3ccc(N[C@H](CCN4CCOCC4)CSc4ccccc4)c(S(=O)(=O)C(F)(F)F)c3)cc2)CC1)OP(=O)(O)O. The highest BCUT2D eigenvalue weighted by molar-refractivity contribution is 7.99. The maximum Gasteiger partial charge on any atom is 0.501 e. The number of sulfonamides is 1. The molecule has 1 amide bonds. The Kier molecular flexibility index (Phi) is 18.7. The molecule has 2 fully saturated rings. The van der Waals surface area contributed by atoms with Crippen molar-refractivity contribution in [2.75, 3.05) is 61.9 Å². The number of thioether (sulfide) groups is 1. The van der Waals surface area contributed by atoms with Crippen LogP contribution in [0.1, 0.15) is 62.1 Å². The van der Waals surface area contributed by atoms with Gasteiger partial charge in [-0.15, -0.1) is 11.8 Å². The monoisotopic (exact) mass is 1120 g/mol. The summed E-state index contributed by atoms with van der Waals surface area (Å²) >= 11 is 7.64. The summed E-state index contributed by atoms with van der Waals surface area (Å²) in [4.78, 5) is 36.2. The molecule has 0 saturated carbocycles. The number of phosphoric ester groups is 1. The Bertz CT molecular complexity index is 2970. The molecule has 400 valence electrons. The largest absolute Gasteiger partial charge is 0.501 e. The summed E-state index contributed by atoms with van der Waals surface area (Å²) in [5.41, 5.74) is -4.01. The molecule has 2 aliphatic rings. The van der Waals surface area contributed by atoms with E-state index in [1.54, 1.807) is 45.0 Å². The van der Waals surface area contributed by atoms with E-state index in [4.69, 9.17) is 25.6 Å². The van der Waals surface area contributed by atoms with Gasteiger partial charge >= 0.3 is 13.3 Å². The molecule has 5 aromatic carbocycles. The van der Waals surface area contributed by atoms with Gasteiger partial charge in [-0.05, 0) is 109 Å². The van der Waals surface area contributed by atoms with Crippen LogP contribution in [-0.2, 0) is 38.4 Å². The molecule has 0 aliphatic carbocycles. The third-order valence-electron chi connectivity index (χ3n) is 12.6. The molecule has 2 heterocycles. The van der Waals surface area contributed by atoms with Gasteiger partial charge in [-0.1, -0.05) is 87.0 Å². The quantitative estimate of drug-likeness (QED) is 0.0326. The number of hydrogen-bond acceptors (Lipinski definition) is 13. The Balaban J connectivity index is 1.07. The Morgan fingerprint density at radius 3 is 2.12 bits per heavy atom. The van der Waals surface area contributed by atoms with Crippen molar-refractivity contribution in [3.8, 4) is 11.1 Å². The van der Waals surface area contributed by atoms with Crippen LogP contribution in [0.3, 0.4) is 0 Å². The summed E-state index contributed by atoms with van der Waals surface area (Å²) in [6, 6.07) is 32.0. The van der Waals surface area contributed by atoms with Gasteiger partial charge in [0.25, 0.3) is 25.8 Å². The second-order valence-corrected chi connectivity index (χ2v) is 25.4. The zero-order valence-corrected chi connectivity index (χ0v) is 44.9. The van der Waals surface area contributed by atoms with Crippen molar-refractivity contribution in [1.82, 2.24) is 9.62 Å². The molecule has 2 aliphatic heterocycles. The minimum atomic E-state index is -6.11. The molecule has 7 rings (SSSR count). The first-order valence-corrected chi connectivity index (χ1v) is 29.6. The lowest BCUT2D eigenvalue weighted by Crippen LogP contribution is -2.39. The smallest absolute Gasteiger partial charge is 0.380 e. The standard InChI is InChI=1S/C51H59ClF3N4O11PS3/c1-50(2,3)49(70-71(61,62)63)69-47(44-12-8-7-11-43(44)35-13-17-38(52)18-14-35)36-23-27-59(28-24-36)40-19-15-37(16-20-40)48(60)57-74(66,67)42-21-22-45(46(33-42)73(64,65)51(53,54)55)56-39(25-26-58-29-31-68-32-30-58)34-72-41-9-5-4-6-10-41/h4-22,33,36,39,47,49,56H,23-32,34H2,1-3H3,(H,57,60)(H2,61,62,63)/t39-,47-,49?/m1/s1. The number of sulfone groups is 1. The number of alkyl halides is 3. The molecular weight excluding hydrogens is 1060 g/mol. The topological polar surface area (TPSA) is 201 Å². The van der Waals surface area contributed by atoms with Gasteiger partial charge in [-0.25, -0.2) is 26.1 Å². The Labute approximate surface area is 439 Å². The summed E-state index contributed by atoms with van der Waals surface area (Å²) in [6.07, 6.45) is -0.477. The van der Waals surface area contributed by atoms with Crippen molar-refractivity contribution >= 4 is 68.3 Å². The van der Waals surface area contributed by atoms with Gasteiger partial charge in [0, 0.05) is 71.1 Å². The number of halogens is 4. The third-order valence-corrected chi connectivity index (χ3v) is 17.4. The summed E-state index contributed by atoms with van der Waals surface area (Å²) in [5, 5.41) is 3.53. The number of nitrogens with zero attached hydrogens (tertiary/aromatic N) is 2. The van der Waals surface area contributed by atoms with Crippen molar-refractivity contribution in [2.24, 2.45) is 11.3 Å². The van der Waals surface area contributed by atoms with Crippen LogP contribution in [0, 0.1) is 11.3 Å². The first kappa shape index (κ1) is 57.2. The maximum atomic E-state index is 14.3. The van der Waals surface area contributed by atoms with Crippen LogP contribution in [0.5, 0.6) is 0 Å². The molecule has 74 heavy (non-hydrogen) atoms. The van der Waals surface area contributed by atoms with Crippen LogP contribution in [0.2, 0.25) is 5.02 Å². The van der Waals surface area contributed by atoms with E-state index in [0.717, 1.165) is 33.7 Å². The van der Waals surface area contributed by atoms with Crippen LogP contribution >= 0.6 is 31.2 Å². The third kappa shape index (κ3) is 15.1. The highest BCUT2D eigenvalue weighted by Gasteiger charge is 2.49. The number of carbonyl (C=O) groups is 1. The summed E-state index contributed by atoms with van der Waals surface area (Å²) < 4.78 is 128. The minimum Gasteiger partial charge on any atom is -0.380 e. The van der Waals surface area contributed by atoms with Gasteiger partial charge in [0.05, 0.1) is 29.9 Å². The summed E-state index contributed by atoms with van der Waals surface area (Å²) in [7, 11) is -16.0. The number of ether oxygens (including phenoxy) is 2. The van der Waals surface area contributed by atoms with E-state index in [9.17, 15) is 49.2 Å². The number of benzene rings is 5. The molecular formula is C51H59ClF3N4O11PS3. The van der Waals surface area contributed by atoms with E-state index in [-0.39, 0.29) is 11.5 Å². The summed E-state index contributed by atoms with van der Waals surface area (Å²) in [5.74, 6) is -0.942. The number of amides is 1. The van der Waals surface area contributed by atoms with Crippen molar-refractivity contribution in [1.29, 1.82) is 0 Å². The van der Waals surface area contributed by atoms with Crippen molar-refractivity contribution in [2.45, 2.75) is 78.7 Å². The molecule has 4 N–H and O–H groups in total. The Morgan fingerprint density at radius 2 is 1.50 bits per heavy atom. The second-order valence-electron chi connectivity index (χ2n) is 19.1. The molecule has 2 saturated heterocycles. The number of hydrogen-bond donors (Lipinski definition) is 4. The van der Waals surface area contributed by atoms with Crippen LogP contribution in [-0.4, -0.2) is 107 Å². The highest BCUT2D eigenvalue weighted by Crippen LogP contribution is 2.47. The molecule has 0 aromatic heterocycles. The van der Waals surface area contributed by atoms with Gasteiger partial charge in [0.1, 0.15) is 4.90 Å². The van der Waals surface area contributed by atoms with Gasteiger partial charge in [0.2, 0.25) is 0 Å². The molecule has 3 atom stereocenters. The number of morpholine rings is 1. The maximum absolute atomic E-state index is 14.3. The van der Waals surface area contributed by atoms with E-state index in [0.29, 0.717) is 87.7 Å². The lowest BCUT2D eigenvalue weighted by atomic mass is 9.83. The number of phosphoric acid groups is 1. The van der Waals surface area contributed by atoms with E-state index in [1.807, 2.05) is 71.5 Å². The van der Waals surface area contributed by atoms with Crippen molar-refractivity contribution in [3.05, 3.63) is 137 Å². The van der Waals surface area contributed by atoms with E-state index in [2.05, 4.69) is 15.1 Å². The second kappa shape index (κ2) is 24.2. The minimum absolute atomic E-state index is 0.0989.